The van der Waals surface area contributed by atoms with Crippen molar-refractivity contribution in [1.29, 1.82) is 0 Å². The first-order valence-corrected chi connectivity index (χ1v) is 8.18. The van der Waals surface area contributed by atoms with Gasteiger partial charge in [-0.1, -0.05) is 44.2 Å². The third-order valence-electron chi connectivity index (χ3n) is 5.48. The van der Waals surface area contributed by atoms with E-state index in [1.54, 1.807) is 6.07 Å². The first-order chi connectivity index (χ1) is 10.1. The highest BCUT2D eigenvalue weighted by Crippen LogP contribution is 2.54. The van der Waals surface area contributed by atoms with Crippen molar-refractivity contribution in [2.24, 2.45) is 0 Å². The molecule has 1 aromatic rings. The summed E-state index contributed by atoms with van der Waals surface area (Å²) in [6.07, 6.45) is 8.44. The van der Waals surface area contributed by atoms with Crippen LogP contribution in [0.4, 0.5) is 0 Å². The van der Waals surface area contributed by atoms with Crippen molar-refractivity contribution in [3.63, 3.8) is 0 Å². The van der Waals surface area contributed by atoms with Gasteiger partial charge >= 0.3 is 5.97 Å². The van der Waals surface area contributed by atoms with Crippen molar-refractivity contribution < 1.29 is 9.90 Å². The van der Waals surface area contributed by atoms with Crippen molar-refractivity contribution >= 4 is 11.5 Å². The zero-order valence-corrected chi connectivity index (χ0v) is 13.0. The Morgan fingerprint density at radius 2 is 1.95 bits per heavy atom. The van der Waals surface area contributed by atoms with Gasteiger partial charge in [0, 0.05) is 5.41 Å². The monoisotopic (exact) mass is 284 g/mol. The molecule has 2 aliphatic carbocycles. The van der Waals surface area contributed by atoms with Crippen molar-refractivity contribution in [3.05, 3.63) is 40.5 Å². The zero-order valence-electron chi connectivity index (χ0n) is 13.0. The van der Waals surface area contributed by atoms with Crippen molar-refractivity contribution in [1.82, 2.24) is 0 Å². The molecule has 1 fully saturated rings. The summed E-state index contributed by atoms with van der Waals surface area (Å²) in [6, 6.07) is 5.78. The number of carbonyl (C=O) groups is 1. The molecule has 0 unspecified atom stereocenters. The summed E-state index contributed by atoms with van der Waals surface area (Å²) in [4.78, 5) is 11.3. The van der Waals surface area contributed by atoms with Crippen LogP contribution in [-0.2, 0) is 5.41 Å². The lowest BCUT2D eigenvalue weighted by Crippen LogP contribution is -2.28. The fourth-order valence-electron chi connectivity index (χ4n) is 4.40. The van der Waals surface area contributed by atoms with Gasteiger partial charge in [-0.25, -0.2) is 4.79 Å². The number of allylic oxidation sites excluding steroid dienone is 2. The minimum absolute atomic E-state index is 0.129. The second kappa shape index (κ2) is 5.32. The van der Waals surface area contributed by atoms with Crippen molar-refractivity contribution in [3.8, 4) is 0 Å². The Balaban J connectivity index is 2.17. The maximum atomic E-state index is 11.3. The van der Waals surface area contributed by atoms with E-state index in [0.717, 1.165) is 12.8 Å². The highest BCUT2D eigenvalue weighted by atomic mass is 16.4. The summed E-state index contributed by atoms with van der Waals surface area (Å²) in [7, 11) is 0. The Kier molecular flexibility index (Phi) is 3.64. The van der Waals surface area contributed by atoms with E-state index >= 15 is 0 Å². The van der Waals surface area contributed by atoms with Gasteiger partial charge in [-0.05, 0) is 55.0 Å². The van der Waals surface area contributed by atoms with Crippen LogP contribution in [0.5, 0.6) is 0 Å². The fraction of sp³-hybridized carbons (Fsp3) is 0.526. The maximum absolute atomic E-state index is 11.3. The number of fused-ring (bicyclic) bond motifs is 2. The van der Waals surface area contributed by atoms with Gasteiger partial charge in [0.2, 0.25) is 0 Å². The highest BCUT2D eigenvalue weighted by Gasteiger charge is 2.43. The van der Waals surface area contributed by atoms with Gasteiger partial charge in [-0.3, -0.25) is 0 Å². The molecule has 1 saturated carbocycles. The molecular formula is C19H24O2. The van der Waals surface area contributed by atoms with Gasteiger partial charge < -0.3 is 5.11 Å². The number of carboxylic acid groups (broad SMARTS) is 1. The van der Waals surface area contributed by atoms with E-state index in [1.165, 1.54) is 54.4 Å². The fourth-order valence-corrected chi connectivity index (χ4v) is 4.40. The number of aromatic carboxylic acids is 1. The molecule has 0 aliphatic heterocycles. The topological polar surface area (TPSA) is 37.3 Å². The predicted octanol–water partition coefficient (Wildman–Crippen LogP) is 5.17. The first-order valence-electron chi connectivity index (χ1n) is 8.18. The second-order valence-electron chi connectivity index (χ2n) is 6.56. The van der Waals surface area contributed by atoms with Crippen molar-refractivity contribution in [2.75, 3.05) is 0 Å². The van der Waals surface area contributed by atoms with Crippen LogP contribution in [0, 0.1) is 0 Å². The highest BCUT2D eigenvalue weighted by molar-refractivity contribution is 5.90. The molecule has 0 saturated heterocycles. The summed E-state index contributed by atoms with van der Waals surface area (Å²) in [6.45, 7) is 4.51. The summed E-state index contributed by atoms with van der Waals surface area (Å²) in [5, 5.41) is 9.32. The molecule has 1 spiro atoms. The van der Waals surface area contributed by atoms with E-state index in [2.05, 4.69) is 19.9 Å². The molecule has 1 aromatic carbocycles. The smallest absolute Gasteiger partial charge is 0.335 e. The van der Waals surface area contributed by atoms with E-state index in [9.17, 15) is 9.90 Å². The molecule has 0 bridgehead atoms. The molecule has 3 rings (SSSR count). The molecule has 2 heteroatoms. The van der Waals surface area contributed by atoms with Crippen LogP contribution >= 0.6 is 0 Å². The normalized spacial score (nSPS) is 19.9. The van der Waals surface area contributed by atoms with Gasteiger partial charge in [-0.15, -0.1) is 0 Å². The van der Waals surface area contributed by atoms with E-state index in [1.807, 2.05) is 6.07 Å². The lowest BCUT2D eigenvalue weighted by atomic mass is 9.67. The summed E-state index contributed by atoms with van der Waals surface area (Å²) >= 11 is 0. The number of benzene rings is 1. The summed E-state index contributed by atoms with van der Waals surface area (Å²) < 4.78 is 0. The van der Waals surface area contributed by atoms with Crippen LogP contribution < -0.4 is 0 Å². The quantitative estimate of drug-likeness (QED) is 0.831. The molecule has 0 heterocycles. The van der Waals surface area contributed by atoms with Gasteiger partial charge in [-0.2, -0.15) is 0 Å². The molecule has 2 aliphatic rings. The first kappa shape index (κ1) is 14.4. The molecule has 2 nitrogen and oxygen atoms in total. The van der Waals surface area contributed by atoms with Crippen LogP contribution in [0.3, 0.4) is 0 Å². The Bertz CT molecular complexity index is 604. The van der Waals surface area contributed by atoms with Crippen LogP contribution in [0.2, 0.25) is 0 Å². The standard InChI is InChI=1S/C19H24O2/c1-3-7-15-13(2)19(10-5-4-6-11-19)17-12-14(18(20)21)8-9-16(15)17/h8-9,12H,3-7,10-11H2,1-2H3,(H,20,21). The lowest BCUT2D eigenvalue weighted by Gasteiger charge is -2.36. The van der Waals surface area contributed by atoms with E-state index in [-0.39, 0.29) is 5.41 Å². The number of carboxylic acids is 1. The Hall–Kier alpha value is -1.57. The van der Waals surface area contributed by atoms with E-state index < -0.39 is 5.97 Å². The van der Waals surface area contributed by atoms with Crippen LogP contribution in [0.1, 0.15) is 80.3 Å². The van der Waals surface area contributed by atoms with Crippen LogP contribution in [-0.4, -0.2) is 11.1 Å². The second-order valence-corrected chi connectivity index (χ2v) is 6.56. The molecule has 21 heavy (non-hydrogen) atoms. The lowest BCUT2D eigenvalue weighted by molar-refractivity contribution is 0.0696. The van der Waals surface area contributed by atoms with E-state index in [4.69, 9.17) is 0 Å². The SMILES string of the molecule is CCCC1=C(C)C2(CCCCC2)c2cc(C(=O)O)ccc21. The molecule has 0 atom stereocenters. The van der Waals surface area contributed by atoms with Gasteiger partial charge in [0.15, 0.2) is 0 Å². The molecule has 0 radical (unpaired) electrons. The average Bonchev–Trinajstić information content (AvgIpc) is 2.71. The van der Waals surface area contributed by atoms with Crippen molar-refractivity contribution in [2.45, 2.75) is 64.2 Å². The third-order valence-corrected chi connectivity index (χ3v) is 5.48. The van der Waals surface area contributed by atoms with Crippen LogP contribution in [0.15, 0.2) is 23.8 Å². The minimum atomic E-state index is -0.814. The van der Waals surface area contributed by atoms with Gasteiger partial charge in [0.05, 0.1) is 5.56 Å². The Morgan fingerprint density at radius 3 is 2.57 bits per heavy atom. The molecule has 1 N–H and O–H groups in total. The zero-order chi connectivity index (χ0) is 15.0. The third kappa shape index (κ3) is 2.12. The summed E-state index contributed by atoms with van der Waals surface area (Å²) in [5.41, 5.74) is 6.17. The average molecular weight is 284 g/mol. The molecule has 0 aromatic heterocycles. The maximum Gasteiger partial charge on any atom is 0.335 e. The molecule has 0 amide bonds. The molecule has 112 valence electrons. The summed E-state index contributed by atoms with van der Waals surface area (Å²) in [5.74, 6) is -0.814. The Morgan fingerprint density at radius 1 is 1.24 bits per heavy atom. The minimum Gasteiger partial charge on any atom is -0.478 e. The Labute approximate surface area is 126 Å². The van der Waals surface area contributed by atoms with E-state index in [0.29, 0.717) is 5.56 Å². The largest absolute Gasteiger partial charge is 0.478 e. The molecular weight excluding hydrogens is 260 g/mol. The number of rotatable bonds is 3. The van der Waals surface area contributed by atoms with Gasteiger partial charge in [0.25, 0.3) is 0 Å². The van der Waals surface area contributed by atoms with Gasteiger partial charge in [0.1, 0.15) is 0 Å². The van der Waals surface area contributed by atoms with Crippen LogP contribution in [0.25, 0.3) is 5.57 Å². The predicted molar refractivity (Wildman–Crippen MR) is 85.7 cm³/mol. The number of hydrogen-bond donors (Lipinski definition) is 1. The number of hydrogen-bond acceptors (Lipinski definition) is 1.